The van der Waals surface area contributed by atoms with Gasteiger partial charge in [-0.2, -0.15) is 0 Å². The average Bonchev–Trinajstić information content (AvgIpc) is 2.82. The zero-order valence-electron chi connectivity index (χ0n) is 14.2. The number of aromatic nitrogens is 3. The molecule has 3 rings (SSSR count). The quantitative estimate of drug-likeness (QED) is 0.716. The smallest absolute Gasteiger partial charge is 0.259 e. The third-order valence-corrected chi connectivity index (χ3v) is 5.76. The van der Waals surface area contributed by atoms with Crippen LogP contribution in [0.2, 0.25) is 0 Å². The molecule has 130 valence electrons. The summed E-state index contributed by atoms with van der Waals surface area (Å²) in [6.45, 7) is 5.79. The number of pyridine rings is 1. The van der Waals surface area contributed by atoms with Gasteiger partial charge >= 0.3 is 0 Å². The Bertz CT molecular complexity index is 994. The predicted molar refractivity (Wildman–Crippen MR) is 103 cm³/mol. The van der Waals surface area contributed by atoms with Crippen molar-refractivity contribution in [1.82, 2.24) is 15.0 Å². The molecule has 0 radical (unpaired) electrons. The predicted octanol–water partition coefficient (Wildman–Crippen LogP) is 3.18. The molecular weight excluding hydrogens is 356 g/mol. The van der Waals surface area contributed by atoms with E-state index in [1.165, 1.54) is 23.1 Å². The van der Waals surface area contributed by atoms with E-state index < -0.39 is 0 Å². The average molecular weight is 374 g/mol. The summed E-state index contributed by atoms with van der Waals surface area (Å²) < 4.78 is 0. The van der Waals surface area contributed by atoms with Gasteiger partial charge in [-0.1, -0.05) is 6.07 Å². The molecule has 0 aliphatic heterocycles. The van der Waals surface area contributed by atoms with Crippen molar-refractivity contribution in [2.45, 2.75) is 26.5 Å². The van der Waals surface area contributed by atoms with Crippen molar-refractivity contribution in [2.75, 3.05) is 11.1 Å². The Labute approximate surface area is 153 Å². The van der Waals surface area contributed by atoms with Crippen molar-refractivity contribution >= 4 is 45.0 Å². The lowest BCUT2D eigenvalue weighted by molar-refractivity contribution is -0.113. The first-order chi connectivity index (χ1) is 11.9. The molecule has 3 aromatic rings. The molecule has 0 saturated carbocycles. The highest BCUT2D eigenvalue weighted by atomic mass is 32.2. The maximum absolute atomic E-state index is 12.2. The minimum atomic E-state index is -0.130. The largest absolute Gasteiger partial charge is 0.310 e. The molecule has 0 atom stereocenters. The van der Waals surface area contributed by atoms with E-state index in [0.717, 1.165) is 21.0 Å². The Hall–Kier alpha value is -2.19. The van der Waals surface area contributed by atoms with Gasteiger partial charge in [-0.05, 0) is 38.5 Å². The third kappa shape index (κ3) is 4.08. The number of carbonyl (C=O) groups is 1. The molecule has 6 nitrogen and oxygen atoms in total. The van der Waals surface area contributed by atoms with Crippen LogP contribution in [-0.4, -0.2) is 26.6 Å². The number of H-pyrrole nitrogens is 1. The molecule has 0 bridgehead atoms. The lowest BCUT2D eigenvalue weighted by Gasteiger charge is -2.05. The van der Waals surface area contributed by atoms with Crippen LogP contribution in [0, 0.1) is 20.8 Å². The zero-order chi connectivity index (χ0) is 18.0. The lowest BCUT2D eigenvalue weighted by atomic mass is 10.2. The Morgan fingerprint density at radius 1 is 1.28 bits per heavy atom. The molecule has 0 aliphatic carbocycles. The van der Waals surface area contributed by atoms with Gasteiger partial charge in [0, 0.05) is 10.6 Å². The SMILES string of the molecule is Cc1cccc(NC(=O)CSCc2nc3sc(C)c(C)c3c(=O)[nH]2)n1. The number of nitrogens with zero attached hydrogens (tertiary/aromatic N) is 2. The van der Waals surface area contributed by atoms with Gasteiger partial charge in [0.05, 0.1) is 16.9 Å². The van der Waals surface area contributed by atoms with E-state index in [1.807, 2.05) is 32.9 Å². The summed E-state index contributed by atoms with van der Waals surface area (Å²) in [5.74, 6) is 1.73. The number of nitrogens with one attached hydrogen (secondary N) is 2. The van der Waals surface area contributed by atoms with Crippen molar-refractivity contribution in [2.24, 2.45) is 0 Å². The van der Waals surface area contributed by atoms with Gasteiger partial charge in [0.2, 0.25) is 5.91 Å². The van der Waals surface area contributed by atoms with Gasteiger partial charge in [-0.15, -0.1) is 23.1 Å². The molecule has 0 aromatic carbocycles. The molecular formula is C17H18N4O2S2. The van der Waals surface area contributed by atoms with E-state index in [1.54, 1.807) is 6.07 Å². The highest BCUT2D eigenvalue weighted by Crippen LogP contribution is 2.26. The molecule has 0 aliphatic rings. The number of hydrogen-bond acceptors (Lipinski definition) is 6. The number of fused-ring (bicyclic) bond motifs is 1. The minimum Gasteiger partial charge on any atom is -0.310 e. The Balaban J connectivity index is 1.61. The number of aryl methyl sites for hydroxylation is 3. The van der Waals surface area contributed by atoms with Crippen LogP contribution in [0.1, 0.15) is 22.0 Å². The van der Waals surface area contributed by atoms with E-state index >= 15 is 0 Å². The van der Waals surface area contributed by atoms with Gasteiger partial charge in [-0.3, -0.25) is 9.59 Å². The number of carbonyl (C=O) groups excluding carboxylic acids is 1. The number of anilines is 1. The number of thioether (sulfide) groups is 1. The fourth-order valence-electron chi connectivity index (χ4n) is 2.40. The normalized spacial score (nSPS) is 11.0. The maximum Gasteiger partial charge on any atom is 0.259 e. The summed E-state index contributed by atoms with van der Waals surface area (Å²) in [5, 5.41) is 3.43. The number of rotatable bonds is 5. The summed E-state index contributed by atoms with van der Waals surface area (Å²) >= 11 is 2.92. The van der Waals surface area contributed by atoms with Crippen LogP contribution in [0.5, 0.6) is 0 Å². The second kappa shape index (κ2) is 7.37. The van der Waals surface area contributed by atoms with Crippen LogP contribution in [0.4, 0.5) is 5.82 Å². The van der Waals surface area contributed by atoms with Gasteiger partial charge in [-0.25, -0.2) is 9.97 Å². The van der Waals surface area contributed by atoms with Crippen LogP contribution in [0.15, 0.2) is 23.0 Å². The number of thiophene rings is 1. The van der Waals surface area contributed by atoms with Gasteiger partial charge in [0.1, 0.15) is 16.5 Å². The van der Waals surface area contributed by atoms with Crippen molar-refractivity contribution < 1.29 is 4.79 Å². The Morgan fingerprint density at radius 2 is 2.08 bits per heavy atom. The fourth-order valence-corrected chi connectivity index (χ4v) is 4.14. The molecule has 1 amide bonds. The first kappa shape index (κ1) is 17.6. The minimum absolute atomic E-state index is 0.115. The zero-order valence-corrected chi connectivity index (χ0v) is 15.8. The highest BCUT2D eigenvalue weighted by Gasteiger charge is 2.12. The van der Waals surface area contributed by atoms with Crippen molar-refractivity contribution in [3.05, 3.63) is 50.5 Å². The molecule has 0 fully saturated rings. The number of aromatic amines is 1. The summed E-state index contributed by atoms with van der Waals surface area (Å²) in [4.78, 5) is 37.6. The highest BCUT2D eigenvalue weighted by molar-refractivity contribution is 7.99. The van der Waals surface area contributed by atoms with Crippen LogP contribution >= 0.6 is 23.1 Å². The van der Waals surface area contributed by atoms with E-state index in [9.17, 15) is 9.59 Å². The molecule has 0 saturated heterocycles. The van der Waals surface area contributed by atoms with Crippen LogP contribution < -0.4 is 10.9 Å². The molecule has 2 N–H and O–H groups in total. The summed E-state index contributed by atoms with van der Waals surface area (Å²) in [5.41, 5.74) is 1.72. The van der Waals surface area contributed by atoms with Gasteiger partial charge in [0.15, 0.2) is 0 Å². The van der Waals surface area contributed by atoms with E-state index in [0.29, 0.717) is 22.8 Å². The topological polar surface area (TPSA) is 87.7 Å². The van der Waals surface area contributed by atoms with Gasteiger partial charge in [0.25, 0.3) is 5.56 Å². The molecule has 3 aromatic heterocycles. The molecule has 25 heavy (non-hydrogen) atoms. The lowest BCUT2D eigenvalue weighted by Crippen LogP contribution is -2.16. The first-order valence-electron chi connectivity index (χ1n) is 7.74. The summed E-state index contributed by atoms with van der Waals surface area (Å²) in [6, 6.07) is 5.47. The second-order valence-electron chi connectivity index (χ2n) is 5.68. The van der Waals surface area contributed by atoms with Crippen molar-refractivity contribution in [1.29, 1.82) is 0 Å². The van der Waals surface area contributed by atoms with Crippen molar-refractivity contribution in [3.63, 3.8) is 0 Å². The standard InChI is InChI=1S/C17H18N4O2S2/c1-9-5-4-6-12(18-9)19-14(22)8-24-7-13-20-16(23)15-10(2)11(3)25-17(15)21-13/h4-6H,7-8H2,1-3H3,(H,18,19,22)(H,20,21,23). The number of hydrogen-bond donors (Lipinski definition) is 2. The summed E-state index contributed by atoms with van der Waals surface area (Å²) in [6.07, 6.45) is 0. The van der Waals surface area contributed by atoms with Crippen LogP contribution in [0.25, 0.3) is 10.2 Å². The van der Waals surface area contributed by atoms with Crippen LogP contribution in [-0.2, 0) is 10.5 Å². The molecule has 0 unspecified atom stereocenters. The van der Waals surface area contributed by atoms with E-state index in [-0.39, 0.29) is 17.2 Å². The Kier molecular flexibility index (Phi) is 5.19. The fraction of sp³-hybridized carbons (Fsp3) is 0.294. The van der Waals surface area contributed by atoms with Gasteiger partial charge < -0.3 is 10.3 Å². The molecule has 8 heteroatoms. The summed E-state index contributed by atoms with van der Waals surface area (Å²) in [7, 11) is 0. The second-order valence-corrected chi connectivity index (χ2v) is 7.87. The first-order valence-corrected chi connectivity index (χ1v) is 9.71. The van der Waals surface area contributed by atoms with E-state index in [4.69, 9.17) is 0 Å². The molecule has 3 heterocycles. The maximum atomic E-state index is 12.2. The van der Waals surface area contributed by atoms with Crippen molar-refractivity contribution in [3.8, 4) is 0 Å². The monoisotopic (exact) mass is 374 g/mol. The number of amides is 1. The van der Waals surface area contributed by atoms with Crippen LogP contribution in [0.3, 0.4) is 0 Å². The third-order valence-electron chi connectivity index (χ3n) is 3.72. The Morgan fingerprint density at radius 3 is 2.84 bits per heavy atom. The van der Waals surface area contributed by atoms with E-state index in [2.05, 4.69) is 20.3 Å². The molecule has 0 spiro atoms.